The van der Waals surface area contributed by atoms with Crippen molar-refractivity contribution >= 4 is 23.1 Å². The van der Waals surface area contributed by atoms with E-state index in [0.29, 0.717) is 33.8 Å². The molecule has 23 heavy (non-hydrogen) atoms. The number of carbonyl (C=O) groups is 2. The Morgan fingerprint density at radius 2 is 1.61 bits per heavy atom. The van der Waals surface area contributed by atoms with Gasteiger partial charge in [-0.1, -0.05) is 36.4 Å². The van der Waals surface area contributed by atoms with Crippen LogP contribution < -0.4 is 5.32 Å². The number of fused-ring (bicyclic) bond motifs is 2. The van der Waals surface area contributed by atoms with E-state index in [1.165, 1.54) is 0 Å². The molecule has 1 heterocycles. The topological polar surface area (TPSA) is 74.8 Å². The van der Waals surface area contributed by atoms with Gasteiger partial charge in [-0.15, -0.1) is 0 Å². The summed E-state index contributed by atoms with van der Waals surface area (Å²) in [6, 6.07) is 14.0. The van der Waals surface area contributed by atoms with Crippen molar-refractivity contribution in [3.63, 3.8) is 0 Å². The predicted molar refractivity (Wildman–Crippen MR) is 86.4 cm³/mol. The van der Waals surface area contributed by atoms with Crippen LogP contribution in [0.2, 0.25) is 0 Å². The molecule has 0 atom stereocenters. The highest BCUT2D eigenvalue weighted by molar-refractivity contribution is 6.30. The van der Waals surface area contributed by atoms with E-state index in [0.717, 1.165) is 5.69 Å². The molecule has 112 valence electrons. The van der Waals surface area contributed by atoms with Crippen molar-refractivity contribution in [2.75, 3.05) is 5.32 Å². The fourth-order valence-electron chi connectivity index (χ4n) is 2.87. The number of benzene rings is 2. The molecule has 0 radical (unpaired) electrons. The first-order chi connectivity index (χ1) is 11.1. The van der Waals surface area contributed by atoms with Crippen molar-refractivity contribution in [2.45, 2.75) is 6.92 Å². The second-order valence-corrected chi connectivity index (χ2v) is 5.49. The molecule has 2 N–H and O–H groups in total. The molecule has 0 fully saturated rings. The molecule has 0 spiro atoms. The fraction of sp³-hybridized carbons (Fsp3) is 0.0556. The fourth-order valence-corrected chi connectivity index (χ4v) is 2.87. The summed E-state index contributed by atoms with van der Waals surface area (Å²) >= 11 is 0. The van der Waals surface area contributed by atoms with Gasteiger partial charge in [0.2, 0.25) is 0 Å². The number of aromatic nitrogens is 2. The highest BCUT2D eigenvalue weighted by Gasteiger charge is 2.31. The largest absolute Gasteiger partial charge is 0.338 e. The van der Waals surface area contributed by atoms with E-state index in [9.17, 15) is 9.59 Å². The SMILES string of the molecule is Cc1cc(Nc2cccc3c2C(=O)c2ccccc2C3=O)n[nH]1. The Bertz CT molecular complexity index is 956. The maximum Gasteiger partial charge on any atom is 0.196 e. The number of carbonyl (C=O) groups excluding carboxylic acids is 2. The van der Waals surface area contributed by atoms with Crippen molar-refractivity contribution in [3.05, 3.63) is 76.5 Å². The molecule has 1 aliphatic carbocycles. The highest BCUT2D eigenvalue weighted by Crippen LogP contribution is 2.32. The summed E-state index contributed by atoms with van der Waals surface area (Å²) in [5.41, 5.74) is 3.21. The van der Waals surface area contributed by atoms with Crippen LogP contribution in [0.15, 0.2) is 48.5 Å². The molecule has 0 saturated carbocycles. The number of nitrogens with one attached hydrogen (secondary N) is 2. The third kappa shape index (κ3) is 2.05. The number of aryl methyl sites for hydroxylation is 1. The van der Waals surface area contributed by atoms with Gasteiger partial charge in [0.1, 0.15) is 0 Å². The van der Waals surface area contributed by atoms with Crippen molar-refractivity contribution < 1.29 is 9.59 Å². The summed E-state index contributed by atoms with van der Waals surface area (Å²) in [5.74, 6) is 0.331. The minimum absolute atomic E-state index is 0.128. The molecule has 0 aliphatic heterocycles. The lowest BCUT2D eigenvalue weighted by atomic mass is 9.83. The van der Waals surface area contributed by atoms with Gasteiger partial charge in [-0.05, 0) is 13.0 Å². The molecule has 1 aromatic heterocycles. The molecule has 1 aliphatic rings. The molecule has 5 nitrogen and oxygen atoms in total. The number of anilines is 2. The summed E-state index contributed by atoms with van der Waals surface area (Å²) in [5, 5.41) is 10.1. The maximum absolute atomic E-state index is 12.8. The van der Waals surface area contributed by atoms with Crippen molar-refractivity contribution in [1.29, 1.82) is 0 Å². The number of ketones is 2. The van der Waals surface area contributed by atoms with Crippen LogP contribution in [0.4, 0.5) is 11.5 Å². The van der Waals surface area contributed by atoms with E-state index in [2.05, 4.69) is 15.5 Å². The van der Waals surface area contributed by atoms with E-state index >= 15 is 0 Å². The van der Waals surface area contributed by atoms with E-state index in [-0.39, 0.29) is 11.6 Å². The van der Waals surface area contributed by atoms with Crippen LogP contribution in [0.25, 0.3) is 0 Å². The smallest absolute Gasteiger partial charge is 0.196 e. The normalized spacial score (nSPS) is 12.7. The first-order valence-electron chi connectivity index (χ1n) is 7.25. The minimum Gasteiger partial charge on any atom is -0.338 e. The average molecular weight is 303 g/mol. The van der Waals surface area contributed by atoms with Crippen LogP contribution in [-0.4, -0.2) is 21.8 Å². The predicted octanol–water partition coefficient (Wildman–Crippen LogP) is 3.24. The molecule has 0 amide bonds. The van der Waals surface area contributed by atoms with Gasteiger partial charge < -0.3 is 5.32 Å². The highest BCUT2D eigenvalue weighted by atomic mass is 16.1. The summed E-state index contributed by atoms with van der Waals surface area (Å²) in [6.45, 7) is 1.89. The Morgan fingerprint density at radius 3 is 2.30 bits per heavy atom. The number of rotatable bonds is 2. The Labute approximate surface area is 132 Å². The molecular formula is C18H13N3O2. The monoisotopic (exact) mass is 303 g/mol. The third-order valence-corrected chi connectivity index (χ3v) is 3.92. The Morgan fingerprint density at radius 1 is 0.913 bits per heavy atom. The van der Waals surface area contributed by atoms with Crippen LogP contribution in [0, 0.1) is 6.92 Å². The van der Waals surface area contributed by atoms with E-state index in [1.54, 1.807) is 42.5 Å². The van der Waals surface area contributed by atoms with Gasteiger partial charge in [-0.3, -0.25) is 14.7 Å². The van der Waals surface area contributed by atoms with Crippen molar-refractivity contribution in [3.8, 4) is 0 Å². The second kappa shape index (κ2) is 4.91. The lowest BCUT2D eigenvalue weighted by Crippen LogP contribution is -2.22. The zero-order chi connectivity index (χ0) is 16.0. The van der Waals surface area contributed by atoms with Gasteiger partial charge >= 0.3 is 0 Å². The first kappa shape index (κ1) is 13.5. The number of H-pyrrole nitrogens is 1. The Balaban J connectivity index is 1.86. The van der Waals surface area contributed by atoms with Gasteiger partial charge in [0.05, 0.1) is 11.3 Å². The van der Waals surface area contributed by atoms with Gasteiger partial charge in [-0.25, -0.2) is 0 Å². The third-order valence-electron chi connectivity index (χ3n) is 3.92. The molecule has 2 aromatic carbocycles. The second-order valence-electron chi connectivity index (χ2n) is 5.49. The lowest BCUT2D eigenvalue weighted by Gasteiger charge is -2.20. The number of hydrogen-bond donors (Lipinski definition) is 2. The molecule has 5 heteroatoms. The van der Waals surface area contributed by atoms with Crippen molar-refractivity contribution in [1.82, 2.24) is 10.2 Å². The molecule has 4 rings (SSSR count). The van der Waals surface area contributed by atoms with Gasteiger partial charge in [0.25, 0.3) is 0 Å². The number of nitrogens with zero attached hydrogens (tertiary/aromatic N) is 1. The van der Waals surface area contributed by atoms with E-state index < -0.39 is 0 Å². The molecule has 0 bridgehead atoms. The van der Waals surface area contributed by atoms with Gasteiger partial charge in [0, 0.05) is 28.5 Å². The quantitative estimate of drug-likeness (QED) is 0.596. The lowest BCUT2D eigenvalue weighted by molar-refractivity contribution is 0.0979. The van der Waals surface area contributed by atoms with Crippen LogP contribution >= 0.6 is 0 Å². The molecule has 0 unspecified atom stereocenters. The van der Waals surface area contributed by atoms with Crippen LogP contribution in [0.5, 0.6) is 0 Å². The molecule has 0 saturated heterocycles. The summed E-state index contributed by atoms with van der Waals surface area (Å²) < 4.78 is 0. The first-order valence-corrected chi connectivity index (χ1v) is 7.25. The summed E-state index contributed by atoms with van der Waals surface area (Å²) in [4.78, 5) is 25.5. The number of hydrogen-bond acceptors (Lipinski definition) is 4. The maximum atomic E-state index is 12.8. The zero-order valence-corrected chi connectivity index (χ0v) is 12.4. The van der Waals surface area contributed by atoms with Crippen LogP contribution in [0.1, 0.15) is 37.5 Å². The van der Waals surface area contributed by atoms with Crippen LogP contribution in [-0.2, 0) is 0 Å². The summed E-state index contributed by atoms with van der Waals surface area (Å²) in [7, 11) is 0. The zero-order valence-electron chi connectivity index (χ0n) is 12.4. The van der Waals surface area contributed by atoms with Gasteiger partial charge in [0.15, 0.2) is 17.4 Å². The number of aromatic amines is 1. The molecule has 3 aromatic rings. The van der Waals surface area contributed by atoms with E-state index in [4.69, 9.17) is 0 Å². The van der Waals surface area contributed by atoms with E-state index in [1.807, 2.05) is 13.0 Å². The van der Waals surface area contributed by atoms with Gasteiger partial charge in [-0.2, -0.15) is 5.10 Å². The molecular weight excluding hydrogens is 290 g/mol. The summed E-state index contributed by atoms with van der Waals surface area (Å²) in [6.07, 6.45) is 0. The average Bonchev–Trinajstić information content (AvgIpc) is 2.97. The Kier molecular flexibility index (Phi) is 2.87. The van der Waals surface area contributed by atoms with Crippen LogP contribution in [0.3, 0.4) is 0 Å². The minimum atomic E-state index is -0.148. The van der Waals surface area contributed by atoms with Crippen molar-refractivity contribution in [2.24, 2.45) is 0 Å². The Hall–Kier alpha value is -3.21. The standard InChI is InChI=1S/C18H13N3O2/c1-10-9-15(21-20-10)19-14-8-4-7-13-16(14)18(23)12-6-3-2-5-11(12)17(13)22/h2-9H,1H3,(H2,19,20,21).